The monoisotopic (exact) mass is 300 g/mol. The molecule has 1 aromatic carbocycles. The fourth-order valence-electron chi connectivity index (χ4n) is 2.34. The van der Waals surface area contributed by atoms with E-state index in [-0.39, 0.29) is 5.82 Å². The Morgan fingerprint density at radius 2 is 1.94 bits per heavy atom. The molecule has 0 bridgehead atoms. The van der Waals surface area contributed by atoms with Gasteiger partial charge in [0.25, 0.3) is 0 Å². The zero-order valence-electron chi connectivity index (χ0n) is 10.3. The summed E-state index contributed by atoms with van der Waals surface area (Å²) in [5.74, 6) is -0.186. The number of piperidine rings is 1. The fourth-order valence-corrected chi connectivity index (χ4v) is 2.79. The summed E-state index contributed by atoms with van der Waals surface area (Å²) in [7, 11) is 4.20. The molecule has 2 nitrogen and oxygen atoms in total. The quantitative estimate of drug-likeness (QED) is 0.828. The molecule has 1 heterocycles. The predicted octanol–water partition coefficient (Wildman–Crippen LogP) is 3.12. The lowest BCUT2D eigenvalue weighted by atomic mass is 10.0. The number of likely N-dealkylation sites (tertiary alicyclic amines) is 1. The van der Waals surface area contributed by atoms with Crippen molar-refractivity contribution >= 4 is 21.6 Å². The summed E-state index contributed by atoms with van der Waals surface area (Å²) in [6, 6.07) is 5.58. The summed E-state index contributed by atoms with van der Waals surface area (Å²) in [6.45, 7) is 2.23. The second-order valence-corrected chi connectivity index (χ2v) is 5.69. The molecule has 0 N–H and O–H groups in total. The zero-order valence-corrected chi connectivity index (χ0v) is 11.9. The van der Waals surface area contributed by atoms with Gasteiger partial charge in [0, 0.05) is 23.2 Å². The SMILES string of the molecule is CN1CCC(N(C)c2cc(F)cc(Br)c2)CC1. The average molecular weight is 301 g/mol. The van der Waals surface area contributed by atoms with Crippen LogP contribution in [0.25, 0.3) is 0 Å². The van der Waals surface area contributed by atoms with E-state index < -0.39 is 0 Å². The Hall–Kier alpha value is -0.610. The molecule has 1 fully saturated rings. The van der Waals surface area contributed by atoms with Crippen molar-refractivity contribution in [2.24, 2.45) is 0 Å². The molecule has 0 aromatic heterocycles. The first-order chi connectivity index (χ1) is 8.06. The van der Waals surface area contributed by atoms with Gasteiger partial charge in [0.1, 0.15) is 5.82 Å². The number of anilines is 1. The van der Waals surface area contributed by atoms with E-state index in [9.17, 15) is 4.39 Å². The molecule has 0 amide bonds. The van der Waals surface area contributed by atoms with Gasteiger partial charge in [-0.3, -0.25) is 0 Å². The first kappa shape index (κ1) is 12.8. The Labute approximate surface area is 111 Å². The van der Waals surface area contributed by atoms with Crippen LogP contribution in [-0.4, -0.2) is 38.1 Å². The lowest BCUT2D eigenvalue weighted by Gasteiger charge is -2.36. The first-order valence-corrected chi connectivity index (χ1v) is 6.73. The summed E-state index contributed by atoms with van der Waals surface area (Å²) >= 11 is 3.34. The van der Waals surface area contributed by atoms with Gasteiger partial charge in [-0.2, -0.15) is 0 Å². The number of benzene rings is 1. The maximum atomic E-state index is 13.4. The molecule has 2 rings (SSSR count). The van der Waals surface area contributed by atoms with Gasteiger partial charge in [-0.1, -0.05) is 15.9 Å². The van der Waals surface area contributed by atoms with E-state index in [1.165, 1.54) is 6.07 Å². The Morgan fingerprint density at radius 1 is 1.29 bits per heavy atom. The average Bonchev–Trinajstić information content (AvgIpc) is 2.28. The molecule has 0 saturated carbocycles. The molecule has 1 saturated heterocycles. The van der Waals surface area contributed by atoms with Crippen LogP contribution in [0.15, 0.2) is 22.7 Å². The van der Waals surface area contributed by atoms with Crippen LogP contribution in [0.4, 0.5) is 10.1 Å². The summed E-state index contributed by atoms with van der Waals surface area (Å²) in [5.41, 5.74) is 0.950. The normalized spacial score (nSPS) is 18.4. The minimum Gasteiger partial charge on any atom is -0.371 e. The van der Waals surface area contributed by atoms with E-state index in [2.05, 4.69) is 39.8 Å². The second kappa shape index (κ2) is 5.36. The molecule has 0 atom stereocenters. The van der Waals surface area contributed by atoms with E-state index in [1.807, 2.05) is 6.07 Å². The van der Waals surface area contributed by atoms with Crippen molar-refractivity contribution in [3.8, 4) is 0 Å². The van der Waals surface area contributed by atoms with Crippen LogP contribution in [0, 0.1) is 5.82 Å². The van der Waals surface area contributed by atoms with Gasteiger partial charge in [-0.25, -0.2) is 4.39 Å². The number of nitrogens with zero attached hydrogens (tertiary/aromatic N) is 2. The van der Waals surface area contributed by atoms with Crippen molar-refractivity contribution in [1.29, 1.82) is 0 Å². The largest absolute Gasteiger partial charge is 0.371 e. The molecule has 0 spiro atoms. The van der Waals surface area contributed by atoms with Gasteiger partial charge in [-0.05, 0) is 51.2 Å². The Bertz CT molecular complexity index is 369. The van der Waals surface area contributed by atoms with Gasteiger partial charge in [-0.15, -0.1) is 0 Å². The number of hydrogen-bond donors (Lipinski definition) is 0. The molecular formula is C13H18BrFN2. The number of hydrogen-bond acceptors (Lipinski definition) is 2. The van der Waals surface area contributed by atoms with Crippen LogP contribution in [0.1, 0.15) is 12.8 Å². The topological polar surface area (TPSA) is 6.48 Å². The van der Waals surface area contributed by atoms with Crippen LogP contribution >= 0.6 is 15.9 Å². The van der Waals surface area contributed by atoms with Crippen molar-refractivity contribution in [2.75, 3.05) is 32.1 Å². The molecule has 0 unspecified atom stereocenters. The van der Waals surface area contributed by atoms with E-state index in [0.717, 1.165) is 36.1 Å². The van der Waals surface area contributed by atoms with Crippen molar-refractivity contribution in [2.45, 2.75) is 18.9 Å². The Morgan fingerprint density at radius 3 is 2.53 bits per heavy atom. The molecule has 1 aliphatic rings. The fraction of sp³-hybridized carbons (Fsp3) is 0.538. The van der Waals surface area contributed by atoms with Crippen molar-refractivity contribution < 1.29 is 4.39 Å². The van der Waals surface area contributed by atoms with E-state index >= 15 is 0 Å². The third-order valence-corrected chi connectivity index (χ3v) is 3.95. The van der Waals surface area contributed by atoms with E-state index in [4.69, 9.17) is 0 Å². The molecule has 1 aliphatic heterocycles. The molecule has 1 aromatic rings. The summed E-state index contributed by atoms with van der Waals surface area (Å²) in [5, 5.41) is 0. The van der Waals surface area contributed by atoms with Crippen LogP contribution in [0.2, 0.25) is 0 Å². The number of rotatable bonds is 2. The molecule has 4 heteroatoms. The minimum absolute atomic E-state index is 0.186. The van der Waals surface area contributed by atoms with Gasteiger partial charge in [0.15, 0.2) is 0 Å². The highest BCUT2D eigenvalue weighted by Gasteiger charge is 2.21. The Balaban J connectivity index is 2.10. The number of halogens is 2. The van der Waals surface area contributed by atoms with Crippen molar-refractivity contribution in [1.82, 2.24) is 4.90 Å². The van der Waals surface area contributed by atoms with Gasteiger partial charge < -0.3 is 9.80 Å². The maximum absolute atomic E-state index is 13.4. The van der Waals surface area contributed by atoms with Crippen molar-refractivity contribution in [3.63, 3.8) is 0 Å². The van der Waals surface area contributed by atoms with E-state index in [1.54, 1.807) is 6.07 Å². The minimum atomic E-state index is -0.186. The third-order valence-electron chi connectivity index (χ3n) is 3.49. The Kier molecular flexibility index (Phi) is 4.05. The van der Waals surface area contributed by atoms with Gasteiger partial charge in [0.2, 0.25) is 0 Å². The molecule has 0 aliphatic carbocycles. The summed E-state index contributed by atoms with van der Waals surface area (Å²) in [6.07, 6.45) is 2.28. The molecule has 0 radical (unpaired) electrons. The van der Waals surface area contributed by atoms with E-state index in [0.29, 0.717) is 6.04 Å². The van der Waals surface area contributed by atoms with Crippen LogP contribution in [0.5, 0.6) is 0 Å². The second-order valence-electron chi connectivity index (χ2n) is 4.77. The summed E-state index contributed by atoms with van der Waals surface area (Å²) < 4.78 is 14.2. The zero-order chi connectivity index (χ0) is 12.4. The van der Waals surface area contributed by atoms with Crippen LogP contribution < -0.4 is 4.90 Å². The smallest absolute Gasteiger partial charge is 0.126 e. The standard InChI is InChI=1S/C13H18BrFN2/c1-16-5-3-12(4-6-16)17(2)13-8-10(14)7-11(15)9-13/h7-9,12H,3-6H2,1-2H3. The van der Waals surface area contributed by atoms with Crippen molar-refractivity contribution in [3.05, 3.63) is 28.5 Å². The highest BCUT2D eigenvalue weighted by atomic mass is 79.9. The van der Waals surface area contributed by atoms with Gasteiger partial charge in [0.05, 0.1) is 0 Å². The van der Waals surface area contributed by atoms with Crippen LogP contribution in [0.3, 0.4) is 0 Å². The molecule has 17 heavy (non-hydrogen) atoms. The maximum Gasteiger partial charge on any atom is 0.126 e. The lowest BCUT2D eigenvalue weighted by Crippen LogP contribution is -2.42. The molecule has 94 valence electrons. The van der Waals surface area contributed by atoms with Crippen LogP contribution in [-0.2, 0) is 0 Å². The van der Waals surface area contributed by atoms with Gasteiger partial charge >= 0.3 is 0 Å². The first-order valence-electron chi connectivity index (χ1n) is 5.94. The predicted molar refractivity (Wildman–Crippen MR) is 73.0 cm³/mol. The molecular weight excluding hydrogens is 283 g/mol. The third kappa shape index (κ3) is 3.19. The lowest BCUT2D eigenvalue weighted by molar-refractivity contribution is 0.253. The highest BCUT2D eigenvalue weighted by Crippen LogP contribution is 2.25. The highest BCUT2D eigenvalue weighted by molar-refractivity contribution is 9.10. The summed E-state index contributed by atoms with van der Waals surface area (Å²) in [4.78, 5) is 4.53.